The first kappa shape index (κ1) is 30.4. The van der Waals surface area contributed by atoms with E-state index in [9.17, 15) is 39.5 Å². The number of aliphatic hydroxyl groups is 1. The fourth-order valence-electron chi connectivity index (χ4n) is 4.21. The highest BCUT2D eigenvalue weighted by Crippen LogP contribution is 2.28. The van der Waals surface area contributed by atoms with Crippen molar-refractivity contribution in [3.05, 3.63) is 112 Å². The predicted octanol–water partition coefficient (Wildman–Crippen LogP) is 2.73. The number of carboxylic acid groups (broad SMARTS) is 1. The van der Waals surface area contributed by atoms with Crippen LogP contribution in [0.1, 0.15) is 46.8 Å². The largest absolute Gasteiger partial charge is 0.480 e. The highest BCUT2D eigenvalue weighted by atomic mass is 16.6. The molecule has 0 aliphatic carbocycles. The predicted molar refractivity (Wildman–Crippen MR) is 146 cm³/mol. The van der Waals surface area contributed by atoms with Crippen LogP contribution in [0.3, 0.4) is 0 Å². The summed E-state index contributed by atoms with van der Waals surface area (Å²) in [7, 11) is 0. The third-order valence-electron chi connectivity index (χ3n) is 6.26. The molecule has 3 aromatic carbocycles. The Morgan fingerprint density at radius 3 is 2.00 bits per heavy atom. The van der Waals surface area contributed by atoms with Gasteiger partial charge < -0.3 is 25.6 Å². The smallest absolute Gasteiger partial charge is 0.326 e. The van der Waals surface area contributed by atoms with Crippen molar-refractivity contribution in [2.45, 2.75) is 37.5 Å². The molecular weight excluding hydrogens is 534 g/mol. The Hall–Kier alpha value is -5.10. The van der Waals surface area contributed by atoms with Gasteiger partial charge in [0.1, 0.15) is 6.04 Å². The maximum absolute atomic E-state index is 13.3. The minimum Gasteiger partial charge on any atom is -0.480 e. The van der Waals surface area contributed by atoms with E-state index >= 15 is 0 Å². The topological polar surface area (TPSA) is 185 Å². The zero-order valence-electron chi connectivity index (χ0n) is 22.0. The van der Waals surface area contributed by atoms with Gasteiger partial charge in [-0.2, -0.15) is 0 Å². The van der Waals surface area contributed by atoms with Crippen molar-refractivity contribution >= 4 is 29.4 Å². The van der Waals surface area contributed by atoms with Crippen LogP contribution in [0.4, 0.5) is 5.69 Å². The summed E-state index contributed by atoms with van der Waals surface area (Å²) < 4.78 is 4.97. The Kier molecular flexibility index (Phi) is 10.6. The van der Waals surface area contributed by atoms with Crippen molar-refractivity contribution in [3.63, 3.8) is 0 Å². The lowest BCUT2D eigenvalue weighted by molar-refractivity contribution is -0.384. The summed E-state index contributed by atoms with van der Waals surface area (Å²) in [6, 6.07) is 18.1. The molecule has 3 aromatic rings. The van der Waals surface area contributed by atoms with E-state index in [4.69, 9.17) is 4.74 Å². The second kappa shape index (κ2) is 14.3. The first-order valence-corrected chi connectivity index (χ1v) is 12.6. The Morgan fingerprint density at radius 1 is 0.878 bits per heavy atom. The molecule has 0 aromatic heterocycles. The number of nitro groups is 1. The van der Waals surface area contributed by atoms with E-state index in [0.29, 0.717) is 5.56 Å². The van der Waals surface area contributed by atoms with Crippen LogP contribution >= 0.6 is 0 Å². The molecule has 0 radical (unpaired) electrons. The number of nitrogens with one attached hydrogen (secondary N) is 2. The molecule has 3 rings (SSSR count). The number of aliphatic carboxylic acids is 1. The Labute approximate surface area is 235 Å². The highest BCUT2D eigenvalue weighted by molar-refractivity contribution is 5.95. The van der Waals surface area contributed by atoms with Crippen LogP contribution in [0.25, 0.3) is 0 Å². The molecule has 0 saturated carbocycles. The number of ether oxygens (including phenoxy) is 1. The van der Waals surface area contributed by atoms with E-state index < -0.39 is 59.2 Å². The zero-order chi connectivity index (χ0) is 29.9. The van der Waals surface area contributed by atoms with Gasteiger partial charge in [-0.25, -0.2) is 4.79 Å². The second-order valence-electron chi connectivity index (χ2n) is 8.96. The molecule has 0 saturated heterocycles. The Bertz CT molecular complexity index is 1370. The van der Waals surface area contributed by atoms with E-state index in [1.807, 2.05) is 0 Å². The summed E-state index contributed by atoms with van der Waals surface area (Å²) in [5.41, 5.74) is 0.611. The maximum atomic E-state index is 13.3. The first-order valence-electron chi connectivity index (χ1n) is 12.6. The third-order valence-corrected chi connectivity index (χ3v) is 6.26. The van der Waals surface area contributed by atoms with Crippen LogP contribution in [0.15, 0.2) is 84.9 Å². The average molecular weight is 564 g/mol. The molecule has 0 spiro atoms. The van der Waals surface area contributed by atoms with Gasteiger partial charge in [0.15, 0.2) is 6.10 Å². The van der Waals surface area contributed by atoms with Crippen LogP contribution < -0.4 is 10.6 Å². The SMILES string of the molecule is CCOC(=O)C[C@H](c1ccc([N+](=O)[O-])cc1)[C@H](NC(=O)[C@H](O)[C@@H](NC(=O)c1ccccc1)c1ccccc1)C(=O)O. The molecule has 0 aliphatic heterocycles. The van der Waals surface area contributed by atoms with E-state index in [1.165, 1.54) is 12.1 Å². The molecule has 214 valence electrons. The molecule has 0 heterocycles. The van der Waals surface area contributed by atoms with E-state index in [0.717, 1.165) is 12.1 Å². The maximum Gasteiger partial charge on any atom is 0.326 e. The third kappa shape index (κ3) is 8.19. The summed E-state index contributed by atoms with van der Waals surface area (Å²) in [4.78, 5) is 61.4. The van der Waals surface area contributed by atoms with Gasteiger partial charge in [-0.1, -0.05) is 60.7 Å². The number of nitro benzene ring substituents is 1. The number of nitrogens with zero attached hydrogens (tertiary/aromatic N) is 1. The second-order valence-corrected chi connectivity index (χ2v) is 8.96. The molecule has 41 heavy (non-hydrogen) atoms. The minimum atomic E-state index is -1.94. The first-order chi connectivity index (χ1) is 19.6. The molecule has 0 aliphatic rings. The van der Waals surface area contributed by atoms with Crippen molar-refractivity contribution < 1.29 is 39.1 Å². The van der Waals surface area contributed by atoms with Crippen molar-refractivity contribution in [2.75, 3.05) is 6.61 Å². The standard InChI is InChI=1S/C29H29N3O9/c1-2-41-23(33)17-22(18-13-15-21(16-14-18)32(39)40)25(29(37)38)31-28(36)26(34)24(19-9-5-3-6-10-19)30-27(35)20-11-7-4-8-12-20/h3-16,22,24-26,34H,2,17H2,1H3,(H,30,35)(H,31,36)(H,37,38)/t22-,24+,25+,26-/m1/s1. The molecule has 4 atom stereocenters. The van der Waals surface area contributed by atoms with Crippen LogP contribution in [0.5, 0.6) is 0 Å². The molecular formula is C29H29N3O9. The lowest BCUT2D eigenvalue weighted by Gasteiger charge is -2.28. The molecule has 2 amide bonds. The van der Waals surface area contributed by atoms with Crippen molar-refractivity contribution in [3.8, 4) is 0 Å². The zero-order valence-corrected chi connectivity index (χ0v) is 22.0. The van der Waals surface area contributed by atoms with Crippen molar-refractivity contribution in [1.82, 2.24) is 10.6 Å². The molecule has 0 bridgehead atoms. The van der Waals surface area contributed by atoms with Gasteiger partial charge in [0.05, 0.1) is 24.0 Å². The fraction of sp³-hybridized carbons (Fsp3) is 0.241. The minimum absolute atomic E-state index is 0.0223. The Morgan fingerprint density at radius 2 is 1.46 bits per heavy atom. The monoisotopic (exact) mass is 563 g/mol. The van der Waals surface area contributed by atoms with Crippen LogP contribution in [0, 0.1) is 10.1 Å². The highest BCUT2D eigenvalue weighted by Gasteiger charge is 2.37. The Balaban J connectivity index is 1.91. The number of carboxylic acids is 1. The molecule has 4 N–H and O–H groups in total. The number of hydrogen-bond donors (Lipinski definition) is 4. The van der Waals surface area contributed by atoms with E-state index in [2.05, 4.69) is 10.6 Å². The summed E-state index contributed by atoms with van der Waals surface area (Å²) in [5.74, 6) is -5.20. The van der Waals surface area contributed by atoms with Gasteiger partial charge in [-0.05, 0) is 30.2 Å². The van der Waals surface area contributed by atoms with Gasteiger partial charge in [0.2, 0.25) is 0 Å². The number of esters is 1. The average Bonchev–Trinajstić information content (AvgIpc) is 2.98. The quantitative estimate of drug-likeness (QED) is 0.138. The molecule has 0 unspecified atom stereocenters. The number of benzene rings is 3. The molecule has 12 nitrogen and oxygen atoms in total. The summed E-state index contributed by atoms with van der Waals surface area (Å²) in [6.07, 6.45) is -2.42. The molecule has 12 heteroatoms. The lowest BCUT2D eigenvalue weighted by Crippen LogP contribution is -2.52. The number of carbonyl (C=O) groups is 4. The van der Waals surface area contributed by atoms with Crippen molar-refractivity contribution in [2.24, 2.45) is 0 Å². The number of rotatable bonds is 13. The number of amides is 2. The number of non-ortho nitro benzene ring substituents is 1. The summed E-state index contributed by atoms with van der Waals surface area (Å²) in [6.45, 7) is 1.59. The number of carbonyl (C=O) groups excluding carboxylic acids is 3. The van der Waals surface area contributed by atoms with Gasteiger partial charge in [-0.3, -0.25) is 24.5 Å². The van der Waals surface area contributed by atoms with Crippen LogP contribution in [-0.2, 0) is 19.1 Å². The number of aliphatic hydroxyl groups excluding tert-OH is 1. The van der Waals surface area contributed by atoms with E-state index in [-0.39, 0.29) is 23.4 Å². The van der Waals surface area contributed by atoms with Gasteiger partial charge in [-0.15, -0.1) is 0 Å². The van der Waals surface area contributed by atoms with Gasteiger partial charge >= 0.3 is 11.9 Å². The van der Waals surface area contributed by atoms with Crippen molar-refractivity contribution in [1.29, 1.82) is 0 Å². The van der Waals surface area contributed by atoms with Gasteiger partial charge in [0.25, 0.3) is 17.5 Å². The lowest BCUT2D eigenvalue weighted by atomic mass is 9.87. The normalized spacial score (nSPS) is 13.6. The summed E-state index contributed by atoms with van der Waals surface area (Å²) >= 11 is 0. The van der Waals surface area contributed by atoms with E-state index in [1.54, 1.807) is 67.6 Å². The van der Waals surface area contributed by atoms with Gasteiger partial charge in [0, 0.05) is 23.6 Å². The number of hydrogen-bond acceptors (Lipinski definition) is 8. The van der Waals surface area contributed by atoms with Crippen LogP contribution in [0.2, 0.25) is 0 Å². The van der Waals surface area contributed by atoms with Crippen LogP contribution in [-0.4, -0.2) is 57.6 Å². The molecule has 0 fully saturated rings. The fourth-order valence-corrected chi connectivity index (χ4v) is 4.21. The summed E-state index contributed by atoms with van der Waals surface area (Å²) in [5, 5.41) is 37.1.